The average molecular weight is 240 g/mol. The molecular formula is C13H24N2O2. The van der Waals surface area contributed by atoms with Crippen LogP contribution >= 0.6 is 0 Å². The van der Waals surface area contributed by atoms with Gasteiger partial charge in [0.15, 0.2) is 0 Å². The second-order valence-electron chi connectivity index (χ2n) is 5.55. The van der Waals surface area contributed by atoms with E-state index in [1.165, 1.54) is 12.8 Å². The highest BCUT2D eigenvalue weighted by Crippen LogP contribution is 2.42. The van der Waals surface area contributed by atoms with Gasteiger partial charge >= 0.3 is 0 Å². The summed E-state index contributed by atoms with van der Waals surface area (Å²) in [6.45, 7) is 3.42. The number of aliphatic hydroxyl groups excluding tert-OH is 1. The maximum Gasteiger partial charge on any atom is 0.228 e. The first-order valence-corrected chi connectivity index (χ1v) is 6.77. The van der Waals surface area contributed by atoms with Gasteiger partial charge in [0.05, 0.1) is 12.1 Å². The number of nitrogens with one attached hydrogen (secondary N) is 1. The lowest BCUT2D eigenvalue weighted by Gasteiger charge is -2.35. The highest BCUT2D eigenvalue weighted by atomic mass is 16.3. The minimum absolute atomic E-state index is 0.0495. The minimum Gasteiger partial charge on any atom is -0.390 e. The summed E-state index contributed by atoms with van der Waals surface area (Å²) in [5.41, 5.74) is -0.142. The highest BCUT2D eigenvalue weighted by Gasteiger charge is 2.44. The second-order valence-corrected chi connectivity index (χ2v) is 5.55. The highest BCUT2D eigenvalue weighted by molar-refractivity contribution is 5.83. The van der Waals surface area contributed by atoms with Crippen LogP contribution in [-0.4, -0.2) is 48.2 Å². The number of nitrogens with zero attached hydrogens (tertiary/aromatic N) is 1. The van der Waals surface area contributed by atoms with Crippen molar-refractivity contribution in [2.24, 2.45) is 5.41 Å². The van der Waals surface area contributed by atoms with E-state index in [9.17, 15) is 9.90 Å². The Morgan fingerprint density at radius 2 is 2.06 bits per heavy atom. The summed E-state index contributed by atoms with van der Waals surface area (Å²) in [5.74, 6) is 0.241. The van der Waals surface area contributed by atoms with Crippen LogP contribution in [0, 0.1) is 5.41 Å². The number of aliphatic hydroxyl groups is 1. The third kappa shape index (κ3) is 2.20. The van der Waals surface area contributed by atoms with E-state index in [0.29, 0.717) is 13.1 Å². The zero-order valence-electron chi connectivity index (χ0n) is 10.9. The zero-order valence-corrected chi connectivity index (χ0v) is 10.9. The van der Waals surface area contributed by atoms with Gasteiger partial charge in [0.25, 0.3) is 0 Å². The van der Waals surface area contributed by atoms with E-state index in [1.54, 1.807) is 4.90 Å². The average Bonchev–Trinajstić information content (AvgIpc) is 2.96. The molecule has 4 heteroatoms. The summed E-state index contributed by atoms with van der Waals surface area (Å²) in [7, 11) is 1.85. The van der Waals surface area contributed by atoms with Gasteiger partial charge in [-0.25, -0.2) is 0 Å². The molecule has 1 aliphatic heterocycles. The van der Waals surface area contributed by atoms with Gasteiger partial charge in [-0.05, 0) is 19.3 Å². The van der Waals surface area contributed by atoms with Crippen molar-refractivity contribution in [2.45, 2.75) is 51.2 Å². The molecular weight excluding hydrogens is 216 g/mol. The molecule has 2 aliphatic rings. The van der Waals surface area contributed by atoms with Gasteiger partial charge in [0.2, 0.25) is 5.91 Å². The first-order valence-electron chi connectivity index (χ1n) is 6.77. The topological polar surface area (TPSA) is 52.6 Å². The van der Waals surface area contributed by atoms with Crippen LogP contribution < -0.4 is 5.32 Å². The van der Waals surface area contributed by atoms with Crippen molar-refractivity contribution in [3.8, 4) is 0 Å². The Bertz CT molecular complexity index is 287. The molecule has 0 radical (unpaired) electrons. The van der Waals surface area contributed by atoms with Gasteiger partial charge in [-0.3, -0.25) is 4.79 Å². The Morgan fingerprint density at radius 3 is 2.53 bits per heavy atom. The quantitative estimate of drug-likeness (QED) is 0.765. The van der Waals surface area contributed by atoms with E-state index in [2.05, 4.69) is 12.2 Å². The fraction of sp³-hybridized carbons (Fsp3) is 0.923. The van der Waals surface area contributed by atoms with Gasteiger partial charge in [0, 0.05) is 25.6 Å². The lowest BCUT2D eigenvalue weighted by atomic mass is 9.81. The first kappa shape index (κ1) is 12.8. The summed E-state index contributed by atoms with van der Waals surface area (Å²) < 4.78 is 0. The van der Waals surface area contributed by atoms with E-state index < -0.39 is 6.10 Å². The van der Waals surface area contributed by atoms with Gasteiger partial charge < -0.3 is 15.3 Å². The molecule has 1 amide bonds. The van der Waals surface area contributed by atoms with Crippen molar-refractivity contribution in [3.63, 3.8) is 0 Å². The molecule has 2 fully saturated rings. The van der Waals surface area contributed by atoms with Crippen molar-refractivity contribution < 1.29 is 9.90 Å². The third-order valence-corrected chi connectivity index (χ3v) is 4.66. The molecule has 98 valence electrons. The molecule has 1 saturated heterocycles. The molecule has 2 atom stereocenters. The van der Waals surface area contributed by atoms with Crippen LogP contribution in [0.5, 0.6) is 0 Å². The van der Waals surface area contributed by atoms with E-state index in [0.717, 1.165) is 19.3 Å². The number of hydrogen-bond donors (Lipinski definition) is 2. The maximum absolute atomic E-state index is 12.6. The fourth-order valence-corrected chi connectivity index (χ4v) is 3.34. The molecule has 1 saturated carbocycles. The molecule has 2 N–H and O–H groups in total. The maximum atomic E-state index is 12.6. The Hall–Kier alpha value is -0.610. The Labute approximate surface area is 103 Å². The van der Waals surface area contributed by atoms with E-state index >= 15 is 0 Å². The van der Waals surface area contributed by atoms with Crippen LogP contribution in [-0.2, 0) is 4.79 Å². The fourth-order valence-electron chi connectivity index (χ4n) is 3.34. The number of β-amino-alcohol motifs (C(OH)–C–C–N with tert-alkyl or cyclic N) is 1. The molecule has 0 unspecified atom stereocenters. The van der Waals surface area contributed by atoms with Crippen LogP contribution in [0.4, 0.5) is 0 Å². The Morgan fingerprint density at radius 1 is 1.41 bits per heavy atom. The lowest BCUT2D eigenvalue weighted by Crippen LogP contribution is -2.49. The summed E-state index contributed by atoms with van der Waals surface area (Å²) in [6.07, 6.45) is 4.87. The van der Waals surface area contributed by atoms with Crippen LogP contribution in [0.3, 0.4) is 0 Å². The van der Waals surface area contributed by atoms with E-state index in [1.807, 2.05) is 7.05 Å². The Balaban J connectivity index is 2.07. The van der Waals surface area contributed by atoms with E-state index in [4.69, 9.17) is 0 Å². The van der Waals surface area contributed by atoms with Crippen LogP contribution in [0.1, 0.15) is 39.0 Å². The standard InChI is InChI=1S/C13H24N2O2/c1-3-13(6-4-5-7-13)12(17)15(2)10-8-14-9-11(10)16/h10-11,14,16H,3-9H2,1-2H3/t10-,11-/m0/s1. The van der Waals surface area contributed by atoms with Crippen molar-refractivity contribution in [2.75, 3.05) is 20.1 Å². The van der Waals surface area contributed by atoms with Crippen molar-refractivity contribution >= 4 is 5.91 Å². The smallest absolute Gasteiger partial charge is 0.228 e. The van der Waals surface area contributed by atoms with Crippen molar-refractivity contribution in [1.29, 1.82) is 0 Å². The number of hydrogen-bond acceptors (Lipinski definition) is 3. The lowest BCUT2D eigenvalue weighted by molar-refractivity contribution is -0.144. The van der Waals surface area contributed by atoms with Crippen molar-refractivity contribution in [1.82, 2.24) is 10.2 Å². The number of rotatable bonds is 3. The number of amides is 1. The van der Waals surface area contributed by atoms with Gasteiger partial charge in [-0.2, -0.15) is 0 Å². The van der Waals surface area contributed by atoms with Crippen LogP contribution in [0.25, 0.3) is 0 Å². The van der Waals surface area contributed by atoms with Gasteiger partial charge in [-0.1, -0.05) is 19.8 Å². The monoisotopic (exact) mass is 240 g/mol. The summed E-state index contributed by atoms with van der Waals surface area (Å²) in [6, 6.07) is -0.0495. The normalized spacial score (nSPS) is 31.7. The van der Waals surface area contributed by atoms with Gasteiger partial charge in [-0.15, -0.1) is 0 Å². The molecule has 0 aromatic rings. The van der Waals surface area contributed by atoms with Crippen LogP contribution in [0.2, 0.25) is 0 Å². The van der Waals surface area contributed by atoms with Gasteiger partial charge in [0.1, 0.15) is 0 Å². The second kappa shape index (κ2) is 4.94. The third-order valence-electron chi connectivity index (χ3n) is 4.66. The zero-order chi connectivity index (χ0) is 12.5. The molecule has 1 heterocycles. The molecule has 0 spiro atoms. The first-order chi connectivity index (χ1) is 8.10. The molecule has 0 aromatic carbocycles. The molecule has 4 nitrogen and oxygen atoms in total. The molecule has 1 aliphatic carbocycles. The molecule has 0 bridgehead atoms. The predicted octanol–water partition coefficient (Wildman–Crippen LogP) is 0.748. The molecule has 17 heavy (non-hydrogen) atoms. The predicted molar refractivity (Wildman–Crippen MR) is 66.6 cm³/mol. The molecule has 0 aromatic heterocycles. The number of carbonyl (C=O) groups excluding carboxylic acids is 1. The molecule has 2 rings (SSSR count). The Kier molecular flexibility index (Phi) is 3.73. The van der Waals surface area contributed by atoms with Crippen molar-refractivity contribution in [3.05, 3.63) is 0 Å². The number of likely N-dealkylation sites (N-methyl/N-ethyl adjacent to an activating group) is 1. The summed E-state index contributed by atoms with van der Waals surface area (Å²) in [5, 5.41) is 13.0. The summed E-state index contributed by atoms with van der Waals surface area (Å²) >= 11 is 0. The minimum atomic E-state index is -0.417. The number of carbonyl (C=O) groups is 1. The summed E-state index contributed by atoms with van der Waals surface area (Å²) in [4.78, 5) is 14.4. The van der Waals surface area contributed by atoms with E-state index in [-0.39, 0.29) is 17.4 Å². The SMILES string of the molecule is CCC1(C(=O)N(C)[C@H]2CNC[C@@H]2O)CCCC1. The largest absolute Gasteiger partial charge is 0.390 e. The van der Waals surface area contributed by atoms with Crippen LogP contribution in [0.15, 0.2) is 0 Å².